The van der Waals surface area contributed by atoms with Gasteiger partial charge in [0.25, 0.3) is 5.91 Å². The van der Waals surface area contributed by atoms with Gasteiger partial charge >= 0.3 is 0 Å². The van der Waals surface area contributed by atoms with Crippen LogP contribution in [0.3, 0.4) is 0 Å². The van der Waals surface area contributed by atoms with Gasteiger partial charge in [-0.3, -0.25) is 9.59 Å². The van der Waals surface area contributed by atoms with Crippen LogP contribution in [0.25, 0.3) is 10.8 Å². The van der Waals surface area contributed by atoms with Crippen LogP contribution in [-0.2, 0) is 4.79 Å². The summed E-state index contributed by atoms with van der Waals surface area (Å²) in [6, 6.07) is 5.25. The minimum absolute atomic E-state index is 0.0824. The highest BCUT2D eigenvalue weighted by atomic mass is 16.5. The van der Waals surface area contributed by atoms with Gasteiger partial charge < -0.3 is 20.5 Å². The molecule has 1 fully saturated rings. The summed E-state index contributed by atoms with van der Waals surface area (Å²) >= 11 is 0. The molecule has 1 aromatic heterocycles. The fraction of sp³-hybridized carbons (Fsp3) is 0.421. The van der Waals surface area contributed by atoms with Gasteiger partial charge in [-0.25, -0.2) is 4.98 Å². The fourth-order valence-electron chi connectivity index (χ4n) is 2.96. The highest BCUT2D eigenvalue weighted by Gasteiger charge is 2.20. The van der Waals surface area contributed by atoms with Gasteiger partial charge in [-0.05, 0) is 43.9 Å². The maximum absolute atomic E-state index is 11.8. The van der Waals surface area contributed by atoms with Gasteiger partial charge in [0, 0.05) is 30.5 Å². The van der Waals surface area contributed by atoms with Gasteiger partial charge in [0.1, 0.15) is 5.75 Å². The van der Waals surface area contributed by atoms with Crippen LogP contribution in [0.4, 0.5) is 0 Å². The number of nitrogens with two attached hydrogens (primary N) is 1. The summed E-state index contributed by atoms with van der Waals surface area (Å²) in [6.07, 6.45) is 2.85. The van der Waals surface area contributed by atoms with E-state index in [1.165, 1.54) is 0 Å². The van der Waals surface area contributed by atoms with E-state index in [1.54, 1.807) is 24.4 Å². The van der Waals surface area contributed by atoms with Crippen LogP contribution in [-0.4, -0.2) is 36.1 Å². The molecular formula is C19H23N3O4. The first-order chi connectivity index (χ1) is 12.4. The molecule has 1 atom stereocenters. The number of piperidine rings is 1. The Morgan fingerprint density at radius 2 is 2.23 bits per heavy atom. The van der Waals surface area contributed by atoms with E-state index in [0.29, 0.717) is 36.8 Å². The lowest BCUT2D eigenvalue weighted by atomic mass is 10.0. The van der Waals surface area contributed by atoms with Crippen molar-refractivity contribution in [3.05, 3.63) is 30.0 Å². The van der Waals surface area contributed by atoms with Crippen LogP contribution in [0.2, 0.25) is 0 Å². The zero-order valence-electron chi connectivity index (χ0n) is 15.0. The van der Waals surface area contributed by atoms with Crippen molar-refractivity contribution in [2.24, 2.45) is 11.7 Å². The third-order valence-corrected chi connectivity index (χ3v) is 4.28. The molecule has 7 heteroatoms. The third-order valence-electron chi connectivity index (χ3n) is 4.28. The molecule has 0 radical (unpaired) electrons. The van der Waals surface area contributed by atoms with Gasteiger partial charge in [-0.1, -0.05) is 0 Å². The van der Waals surface area contributed by atoms with Crippen molar-refractivity contribution in [1.29, 1.82) is 0 Å². The Morgan fingerprint density at radius 1 is 1.42 bits per heavy atom. The molecule has 0 saturated carbocycles. The number of fused-ring (bicyclic) bond motifs is 1. The molecule has 3 N–H and O–H groups in total. The Kier molecular flexibility index (Phi) is 5.25. The van der Waals surface area contributed by atoms with E-state index in [4.69, 9.17) is 15.2 Å². The third kappa shape index (κ3) is 4.04. The van der Waals surface area contributed by atoms with Gasteiger partial charge in [0.2, 0.25) is 11.8 Å². The Bertz CT molecular complexity index is 825. The molecule has 0 aliphatic carbocycles. The van der Waals surface area contributed by atoms with Gasteiger partial charge in [0.05, 0.1) is 18.3 Å². The zero-order chi connectivity index (χ0) is 18.7. The molecule has 1 aromatic carbocycles. The van der Waals surface area contributed by atoms with Crippen LogP contribution in [0.5, 0.6) is 11.6 Å². The number of pyridine rings is 1. The first kappa shape index (κ1) is 18.0. The Balaban J connectivity index is 1.88. The summed E-state index contributed by atoms with van der Waals surface area (Å²) in [5.74, 6) is 0.687. The second-order valence-electron chi connectivity index (χ2n) is 6.74. The molecule has 2 amide bonds. The number of amides is 2. The molecule has 2 aromatic rings. The first-order valence-electron chi connectivity index (χ1n) is 8.72. The monoisotopic (exact) mass is 357 g/mol. The highest BCUT2D eigenvalue weighted by Crippen LogP contribution is 2.31. The predicted octanol–water partition coefficient (Wildman–Crippen LogP) is 2.03. The van der Waals surface area contributed by atoms with E-state index in [9.17, 15) is 9.59 Å². The molecule has 3 rings (SSSR count). The summed E-state index contributed by atoms with van der Waals surface area (Å²) in [5.41, 5.74) is 5.82. The van der Waals surface area contributed by atoms with E-state index in [0.717, 1.165) is 17.2 Å². The minimum atomic E-state index is -0.542. The molecule has 1 aliphatic rings. The minimum Gasteiger partial charge on any atom is -0.490 e. The first-order valence-corrected chi connectivity index (χ1v) is 8.72. The smallest absolute Gasteiger partial charge is 0.252 e. The Morgan fingerprint density at radius 3 is 2.88 bits per heavy atom. The van der Waals surface area contributed by atoms with Gasteiger partial charge in [-0.15, -0.1) is 0 Å². The summed E-state index contributed by atoms with van der Waals surface area (Å²) in [5, 5.41) is 4.41. The average molecular weight is 357 g/mol. The maximum Gasteiger partial charge on any atom is 0.252 e. The molecule has 2 heterocycles. The standard InChI is InChI=1S/C19H23N3O4/c1-11(2)26-16-8-14-13(7-15(16)18(20)24)5-6-21-19(14)25-10-12-3-4-17(23)22-9-12/h5-8,11-12H,3-4,9-10H2,1-2H3,(H2,20,24)(H,22,23). The van der Waals surface area contributed by atoms with Crippen molar-refractivity contribution in [1.82, 2.24) is 10.3 Å². The summed E-state index contributed by atoms with van der Waals surface area (Å²) < 4.78 is 11.7. The van der Waals surface area contributed by atoms with E-state index < -0.39 is 5.91 Å². The number of carbonyl (C=O) groups is 2. The number of benzene rings is 1. The molecule has 138 valence electrons. The lowest BCUT2D eigenvalue weighted by Crippen LogP contribution is -2.37. The van der Waals surface area contributed by atoms with Crippen LogP contribution < -0.4 is 20.5 Å². The summed E-state index contributed by atoms with van der Waals surface area (Å²) in [6.45, 7) is 4.83. The van der Waals surface area contributed by atoms with E-state index >= 15 is 0 Å². The molecular weight excluding hydrogens is 334 g/mol. The number of aromatic nitrogens is 1. The number of ether oxygens (including phenoxy) is 2. The normalized spacial score (nSPS) is 17.2. The van der Waals surface area contributed by atoms with Crippen molar-refractivity contribution < 1.29 is 19.1 Å². The van der Waals surface area contributed by atoms with Gasteiger partial charge in [-0.2, -0.15) is 0 Å². The van der Waals surface area contributed by atoms with Crippen LogP contribution in [0, 0.1) is 5.92 Å². The number of primary amides is 1. The lowest BCUT2D eigenvalue weighted by Gasteiger charge is -2.22. The molecule has 26 heavy (non-hydrogen) atoms. The second-order valence-corrected chi connectivity index (χ2v) is 6.74. The fourth-order valence-corrected chi connectivity index (χ4v) is 2.96. The second kappa shape index (κ2) is 7.59. The quantitative estimate of drug-likeness (QED) is 0.823. The van der Waals surface area contributed by atoms with Crippen LogP contribution in [0.15, 0.2) is 24.4 Å². The van der Waals surface area contributed by atoms with Crippen molar-refractivity contribution in [3.63, 3.8) is 0 Å². The van der Waals surface area contributed by atoms with E-state index in [2.05, 4.69) is 10.3 Å². The number of hydrogen-bond donors (Lipinski definition) is 2. The molecule has 7 nitrogen and oxygen atoms in total. The number of hydrogen-bond acceptors (Lipinski definition) is 5. The summed E-state index contributed by atoms with van der Waals surface area (Å²) in [4.78, 5) is 27.3. The number of nitrogens with one attached hydrogen (secondary N) is 1. The van der Waals surface area contributed by atoms with Gasteiger partial charge in [0.15, 0.2) is 0 Å². The molecule has 0 spiro atoms. The largest absolute Gasteiger partial charge is 0.490 e. The Labute approximate surface area is 151 Å². The molecule has 1 aliphatic heterocycles. The Hall–Kier alpha value is -2.83. The number of rotatable bonds is 6. The van der Waals surface area contributed by atoms with Crippen molar-refractivity contribution >= 4 is 22.6 Å². The number of carbonyl (C=O) groups excluding carboxylic acids is 2. The van der Waals surface area contributed by atoms with Crippen LogP contribution in [0.1, 0.15) is 37.0 Å². The summed E-state index contributed by atoms with van der Waals surface area (Å²) in [7, 11) is 0. The maximum atomic E-state index is 11.8. The highest BCUT2D eigenvalue weighted by molar-refractivity contribution is 6.01. The van der Waals surface area contributed by atoms with E-state index in [1.807, 2.05) is 13.8 Å². The lowest BCUT2D eigenvalue weighted by molar-refractivity contribution is -0.123. The SMILES string of the molecule is CC(C)Oc1cc2c(OCC3CCC(=O)NC3)nccc2cc1C(N)=O. The van der Waals surface area contributed by atoms with Crippen molar-refractivity contribution in [2.45, 2.75) is 32.8 Å². The van der Waals surface area contributed by atoms with Crippen molar-refractivity contribution in [2.75, 3.05) is 13.2 Å². The van der Waals surface area contributed by atoms with E-state index in [-0.39, 0.29) is 17.9 Å². The van der Waals surface area contributed by atoms with Crippen molar-refractivity contribution in [3.8, 4) is 11.6 Å². The molecule has 0 bridgehead atoms. The van der Waals surface area contributed by atoms with Crippen LogP contribution >= 0.6 is 0 Å². The number of nitrogens with zero attached hydrogens (tertiary/aromatic N) is 1. The zero-order valence-corrected chi connectivity index (χ0v) is 15.0. The molecule has 1 saturated heterocycles. The topological polar surface area (TPSA) is 104 Å². The average Bonchev–Trinajstić information content (AvgIpc) is 2.60. The molecule has 1 unspecified atom stereocenters. The predicted molar refractivity (Wildman–Crippen MR) is 97.3 cm³/mol.